The van der Waals surface area contributed by atoms with E-state index >= 15 is 0 Å². The summed E-state index contributed by atoms with van der Waals surface area (Å²) in [7, 11) is -2.67. The fourth-order valence-corrected chi connectivity index (χ4v) is 9.51. The average molecular weight is 510 g/mol. The first kappa shape index (κ1) is 30.1. The Labute approximate surface area is 220 Å². The molecule has 36 heavy (non-hydrogen) atoms. The number of hydrogen-bond donors (Lipinski definition) is 0. The Kier molecular flexibility index (Phi) is 13.3. The van der Waals surface area contributed by atoms with Gasteiger partial charge in [0.05, 0.1) is 12.6 Å². The Morgan fingerprint density at radius 1 is 0.861 bits per heavy atom. The van der Waals surface area contributed by atoms with Gasteiger partial charge in [-0.15, -0.1) is 0 Å². The van der Waals surface area contributed by atoms with Crippen molar-refractivity contribution in [1.82, 2.24) is 0 Å². The molecule has 2 atom stereocenters. The van der Waals surface area contributed by atoms with E-state index < -0.39 is 8.32 Å². The molecule has 198 valence electrons. The maximum Gasteiger partial charge on any atom is 0.261 e. The standard InChI is InChI=1S/C30H47N3O2Si/c1-6-7-8-9-12-17-26(2)22-23-34-24-27(32-33-31)25-35-36(30(3,4)5,28-18-13-10-14-19-28)29-20-15-11-16-21-29/h10-11,13-16,18-21,26-27H,6-9,12,17,22-25H2,1-5H3/t26-,27?/m1/s1. The third-order valence-electron chi connectivity index (χ3n) is 6.99. The van der Waals surface area contributed by atoms with Gasteiger partial charge in [0, 0.05) is 18.1 Å². The van der Waals surface area contributed by atoms with Crippen LogP contribution in [-0.2, 0) is 9.16 Å². The minimum Gasteiger partial charge on any atom is -0.407 e. The summed E-state index contributed by atoms with van der Waals surface area (Å²) >= 11 is 0. The molecule has 0 amide bonds. The molecule has 2 aromatic carbocycles. The van der Waals surface area contributed by atoms with Gasteiger partial charge in [0.15, 0.2) is 0 Å². The third-order valence-corrected chi connectivity index (χ3v) is 12.0. The van der Waals surface area contributed by atoms with E-state index in [1.54, 1.807) is 0 Å². The van der Waals surface area contributed by atoms with E-state index in [1.807, 2.05) is 12.1 Å². The van der Waals surface area contributed by atoms with E-state index in [2.05, 4.69) is 93.2 Å². The molecule has 0 heterocycles. The molecule has 2 aromatic rings. The molecule has 0 aromatic heterocycles. The van der Waals surface area contributed by atoms with Crippen LogP contribution in [0.4, 0.5) is 0 Å². The van der Waals surface area contributed by atoms with Crippen LogP contribution in [0, 0.1) is 5.92 Å². The minimum absolute atomic E-state index is 0.121. The molecule has 0 N–H and O–H groups in total. The van der Waals surface area contributed by atoms with Gasteiger partial charge in [-0.2, -0.15) is 0 Å². The summed E-state index contributed by atoms with van der Waals surface area (Å²) in [6, 6.07) is 20.7. The van der Waals surface area contributed by atoms with Gasteiger partial charge in [0.2, 0.25) is 0 Å². The zero-order valence-electron chi connectivity index (χ0n) is 23.2. The number of hydrogen-bond acceptors (Lipinski definition) is 3. The molecule has 6 heteroatoms. The van der Waals surface area contributed by atoms with Gasteiger partial charge in [-0.1, -0.05) is 139 Å². The topological polar surface area (TPSA) is 67.2 Å². The van der Waals surface area contributed by atoms with Crippen molar-refractivity contribution in [2.24, 2.45) is 11.0 Å². The summed E-state index contributed by atoms with van der Waals surface area (Å²) < 4.78 is 12.9. The number of azide groups is 1. The predicted molar refractivity (Wildman–Crippen MR) is 154 cm³/mol. The highest BCUT2D eigenvalue weighted by molar-refractivity contribution is 6.99. The monoisotopic (exact) mass is 509 g/mol. The molecule has 1 unspecified atom stereocenters. The maximum absolute atomic E-state index is 9.22. The van der Waals surface area contributed by atoms with Crippen LogP contribution >= 0.6 is 0 Å². The van der Waals surface area contributed by atoms with Gasteiger partial charge in [0.1, 0.15) is 0 Å². The van der Waals surface area contributed by atoms with Gasteiger partial charge in [-0.05, 0) is 33.3 Å². The first-order chi connectivity index (χ1) is 17.3. The molecule has 0 aliphatic heterocycles. The van der Waals surface area contributed by atoms with Gasteiger partial charge in [0.25, 0.3) is 8.32 Å². The highest BCUT2D eigenvalue weighted by atomic mass is 28.4. The van der Waals surface area contributed by atoms with Gasteiger partial charge in [-0.3, -0.25) is 0 Å². The van der Waals surface area contributed by atoms with Crippen LogP contribution < -0.4 is 10.4 Å². The SMILES string of the molecule is CCCCCCC[C@@H](C)CCOCC(CO[Si](c1ccccc1)(c1ccccc1)C(C)(C)C)N=[N+]=[N-]. The summed E-state index contributed by atoms with van der Waals surface area (Å²) in [4.78, 5) is 3.10. The highest BCUT2D eigenvalue weighted by Gasteiger charge is 2.50. The number of benzene rings is 2. The lowest BCUT2D eigenvalue weighted by molar-refractivity contribution is 0.0935. The van der Waals surface area contributed by atoms with E-state index in [-0.39, 0.29) is 11.1 Å². The summed E-state index contributed by atoms with van der Waals surface area (Å²) in [5, 5.41) is 6.36. The van der Waals surface area contributed by atoms with Crippen LogP contribution in [0.5, 0.6) is 0 Å². The summed E-state index contributed by atoms with van der Waals surface area (Å²) in [6.07, 6.45) is 8.89. The average Bonchev–Trinajstić information content (AvgIpc) is 2.87. The van der Waals surface area contributed by atoms with Crippen molar-refractivity contribution in [3.63, 3.8) is 0 Å². The summed E-state index contributed by atoms with van der Waals surface area (Å²) in [5.41, 5.74) is 9.22. The Bertz CT molecular complexity index is 856. The first-order valence-electron chi connectivity index (χ1n) is 13.7. The van der Waals surface area contributed by atoms with Gasteiger partial charge >= 0.3 is 0 Å². The fraction of sp³-hybridized carbons (Fsp3) is 0.600. The lowest BCUT2D eigenvalue weighted by atomic mass is 9.99. The molecule has 0 aliphatic carbocycles. The Balaban J connectivity index is 2.04. The van der Waals surface area contributed by atoms with Crippen molar-refractivity contribution in [3.8, 4) is 0 Å². The number of unbranched alkanes of at least 4 members (excludes halogenated alkanes) is 4. The van der Waals surface area contributed by atoms with E-state index in [4.69, 9.17) is 9.16 Å². The van der Waals surface area contributed by atoms with Crippen molar-refractivity contribution < 1.29 is 9.16 Å². The van der Waals surface area contributed by atoms with Gasteiger partial charge in [-0.25, -0.2) is 0 Å². The van der Waals surface area contributed by atoms with Crippen LogP contribution in [0.1, 0.15) is 79.6 Å². The van der Waals surface area contributed by atoms with Crippen LogP contribution in [0.25, 0.3) is 10.4 Å². The molecular weight excluding hydrogens is 462 g/mol. The van der Waals surface area contributed by atoms with Crippen LogP contribution in [0.2, 0.25) is 5.04 Å². The fourth-order valence-electron chi connectivity index (χ4n) is 4.92. The van der Waals surface area contributed by atoms with Crippen molar-refractivity contribution in [2.75, 3.05) is 19.8 Å². The quantitative estimate of drug-likeness (QED) is 0.0722. The smallest absolute Gasteiger partial charge is 0.261 e. The van der Waals surface area contributed by atoms with E-state index in [1.165, 1.54) is 48.9 Å². The first-order valence-corrected chi connectivity index (χ1v) is 15.6. The van der Waals surface area contributed by atoms with Crippen LogP contribution in [-0.4, -0.2) is 34.2 Å². The second kappa shape index (κ2) is 15.9. The maximum atomic E-state index is 9.22. The molecule has 5 nitrogen and oxygen atoms in total. The molecular formula is C30H47N3O2Si. The Morgan fingerprint density at radius 2 is 1.44 bits per heavy atom. The lowest BCUT2D eigenvalue weighted by Gasteiger charge is -2.43. The van der Waals surface area contributed by atoms with Gasteiger partial charge < -0.3 is 9.16 Å². The zero-order valence-corrected chi connectivity index (χ0v) is 24.2. The van der Waals surface area contributed by atoms with E-state index in [0.29, 0.717) is 25.7 Å². The highest BCUT2D eigenvalue weighted by Crippen LogP contribution is 2.36. The minimum atomic E-state index is -2.67. The summed E-state index contributed by atoms with van der Waals surface area (Å²) in [6.45, 7) is 12.7. The van der Waals surface area contributed by atoms with Crippen LogP contribution in [0.3, 0.4) is 0 Å². The van der Waals surface area contributed by atoms with E-state index in [0.717, 1.165) is 6.42 Å². The summed E-state index contributed by atoms with van der Waals surface area (Å²) in [5.74, 6) is 0.651. The Morgan fingerprint density at radius 3 is 1.97 bits per heavy atom. The zero-order chi connectivity index (χ0) is 26.3. The molecule has 0 saturated heterocycles. The molecule has 0 spiro atoms. The Hall–Kier alpha value is -2.11. The van der Waals surface area contributed by atoms with E-state index in [9.17, 15) is 5.53 Å². The predicted octanol–water partition coefficient (Wildman–Crippen LogP) is 7.65. The second-order valence-electron chi connectivity index (χ2n) is 11.0. The van der Waals surface area contributed by atoms with Crippen molar-refractivity contribution in [1.29, 1.82) is 0 Å². The second-order valence-corrected chi connectivity index (χ2v) is 15.3. The molecule has 2 rings (SSSR count). The number of ether oxygens (including phenoxy) is 1. The van der Waals surface area contributed by atoms with Crippen molar-refractivity contribution >= 4 is 18.7 Å². The molecule has 0 fully saturated rings. The molecule has 0 bridgehead atoms. The number of nitrogens with zero attached hydrogens (tertiary/aromatic N) is 3. The molecule has 0 aliphatic rings. The van der Waals surface area contributed by atoms with Crippen molar-refractivity contribution in [3.05, 3.63) is 71.1 Å². The normalized spacial score (nSPS) is 13.7. The third kappa shape index (κ3) is 9.08. The number of rotatable bonds is 17. The largest absolute Gasteiger partial charge is 0.407 e. The molecule has 0 saturated carbocycles. The van der Waals surface area contributed by atoms with Crippen LogP contribution in [0.15, 0.2) is 65.8 Å². The molecule has 0 radical (unpaired) electrons. The lowest BCUT2D eigenvalue weighted by Crippen LogP contribution is -2.67. The van der Waals surface area contributed by atoms with Crippen molar-refractivity contribution in [2.45, 2.75) is 90.6 Å².